The molecule has 0 aromatic heterocycles. The first kappa shape index (κ1) is 19.3. The van der Waals surface area contributed by atoms with Crippen molar-refractivity contribution in [2.45, 2.75) is 45.3 Å². The second-order valence-corrected chi connectivity index (χ2v) is 6.81. The van der Waals surface area contributed by atoms with Gasteiger partial charge in [-0.15, -0.1) is 11.8 Å². The number of amides is 1. The molecule has 1 N–H and O–H groups in total. The molecule has 0 aliphatic rings. The zero-order valence-corrected chi connectivity index (χ0v) is 14.9. The number of hydrogen-bond donors (Lipinski definition) is 1. The molecule has 2 nitrogen and oxygen atoms in total. The second-order valence-electron chi connectivity index (χ2n) is 5.41. The molecule has 0 bridgehead atoms. The predicted molar refractivity (Wildman–Crippen MR) is 93.9 cm³/mol. The van der Waals surface area contributed by atoms with Crippen molar-refractivity contribution in [2.75, 3.05) is 12.3 Å². The minimum Gasteiger partial charge on any atom is -0.355 e. The van der Waals surface area contributed by atoms with Gasteiger partial charge in [-0.3, -0.25) is 4.79 Å². The Hall–Kier alpha value is -0.740. The van der Waals surface area contributed by atoms with Crippen molar-refractivity contribution in [1.29, 1.82) is 0 Å². The average Bonchev–Trinajstić information content (AvgIpc) is 2.50. The standard InChI is InChI=1S/C17H25ClFNOS/c1-3-5-7-13(4-2)10-20-17(21)12-22-11-14-15(18)8-6-9-16(14)19/h6,8-9,13H,3-5,7,10-12H2,1-2H3,(H,20,21). The van der Waals surface area contributed by atoms with Crippen molar-refractivity contribution >= 4 is 29.3 Å². The molecule has 1 rings (SSSR count). The van der Waals surface area contributed by atoms with Crippen LogP contribution in [0.1, 0.15) is 45.1 Å². The molecule has 0 aliphatic heterocycles. The van der Waals surface area contributed by atoms with Crippen LogP contribution in [0.4, 0.5) is 4.39 Å². The van der Waals surface area contributed by atoms with Gasteiger partial charge in [-0.05, 0) is 24.5 Å². The maximum Gasteiger partial charge on any atom is 0.230 e. The van der Waals surface area contributed by atoms with Crippen molar-refractivity contribution < 1.29 is 9.18 Å². The summed E-state index contributed by atoms with van der Waals surface area (Å²) < 4.78 is 13.6. The van der Waals surface area contributed by atoms with E-state index in [0.717, 1.165) is 19.4 Å². The normalized spacial score (nSPS) is 12.2. The number of thioether (sulfide) groups is 1. The first-order chi connectivity index (χ1) is 10.6. The molecule has 0 aliphatic carbocycles. The number of hydrogen-bond acceptors (Lipinski definition) is 2. The van der Waals surface area contributed by atoms with E-state index in [-0.39, 0.29) is 11.7 Å². The quantitative estimate of drug-likeness (QED) is 0.643. The van der Waals surface area contributed by atoms with E-state index >= 15 is 0 Å². The third-order valence-electron chi connectivity index (χ3n) is 3.67. The highest BCUT2D eigenvalue weighted by atomic mass is 35.5. The number of halogens is 2. The lowest BCUT2D eigenvalue weighted by atomic mass is 9.99. The van der Waals surface area contributed by atoms with Gasteiger partial charge in [0.05, 0.1) is 5.75 Å². The van der Waals surface area contributed by atoms with Gasteiger partial charge in [0.1, 0.15) is 5.82 Å². The fraction of sp³-hybridized carbons (Fsp3) is 0.588. The van der Waals surface area contributed by atoms with Gasteiger partial charge in [0.25, 0.3) is 0 Å². The molecule has 0 spiro atoms. The number of rotatable bonds is 10. The Morgan fingerprint density at radius 2 is 2.18 bits per heavy atom. The molecule has 0 saturated heterocycles. The Morgan fingerprint density at radius 3 is 2.82 bits per heavy atom. The maximum atomic E-state index is 13.6. The SMILES string of the molecule is CCCCC(CC)CNC(=O)CSCc1c(F)cccc1Cl. The molecule has 124 valence electrons. The molecular weight excluding hydrogens is 321 g/mol. The van der Waals surface area contributed by atoms with Crippen molar-refractivity contribution in [3.8, 4) is 0 Å². The van der Waals surface area contributed by atoms with Gasteiger partial charge in [0, 0.05) is 22.9 Å². The number of carbonyl (C=O) groups is 1. The van der Waals surface area contributed by atoms with Crippen molar-refractivity contribution in [3.05, 3.63) is 34.6 Å². The Kier molecular flexibility index (Phi) is 9.56. The Morgan fingerprint density at radius 1 is 1.41 bits per heavy atom. The Balaban J connectivity index is 2.28. The van der Waals surface area contributed by atoms with Crippen LogP contribution in [0.3, 0.4) is 0 Å². The third kappa shape index (κ3) is 7.01. The van der Waals surface area contributed by atoms with Gasteiger partial charge < -0.3 is 5.32 Å². The highest BCUT2D eigenvalue weighted by molar-refractivity contribution is 7.99. The molecule has 1 aromatic rings. The zero-order valence-electron chi connectivity index (χ0n) is 13.3. The Bertz CT molecular complexity index is 450. The van der Waals surface area contributed by atoms with Crippen LogP contribution in [0, 0.1) is 11.7 Å². The molecule has 1 unspecified atom stereocenters. The predicted octanol–water partition coefficient (Wildman–Crippen LogP) is 5.04. The van der Waals surface area contributed by atoms with Crippen LogP contribution in [0.2, 0.25) is 5.02 Å². The summed E-state index contributed by atoms with van der Waals surface area (Å²) in [6, 6.07) is 4.64. The van der Waals surface area contributed by atoms with Gasteiger partial charge in [-0.1, -0.05) is 50.8 Å². The molecule has 1 amide bonds. The topological polar surface area (TPSA) is 29.1 Å². The smallest absolute Gasteiger partial charge is 0.230 e. The maximum absolute atomic E-state index is 13.6. The van der Waals surface area contributed by atoms with E-state index in [4.69, 9.17) is 11.6 Å². The van der Waals surface area contributed by atoms with Crippen molar-refractivity contribution in [1.82, 2.24) is 5.32 Å². The lowest BCUT2D eigenvalue weighted by molar-refractivity contribution is -0.118. The molecule has 0 fully saturated rings. The van der Waals surface area contributed by atoms with Crippen molar-refractivity contribution in [2.24, 2.45) is 5.92 Å². The van der Waals surface area contributed by atoms with Gasteiger partial charge in [0.2, 0.25) is 5.91 Å². The van der Waals surface area contributed by atoms with Gasteiger partial charge in [0.15, 0.2) is 0 Å². The molecule has 0 radical (unpaired) electrons. The fourth-order valence-corrected chi connectivity index (χ4v) is 3.36. The van der Waals surface area contributed by atoms with Crippen LogP contribution in [0.25, 0.3) is 0 Å². The molecule has 0 saturated carbocycles. The number of carbonyl (C=O) groups excluding carboxylic acids is 1. The van der Waals surface area contributed by atoms with E-state index in [9.17, 15) is 9.18 Å². The first-order valence-corrected chi connectivity index (χ1v) is 9.39. The van der Waals surface area contributed by atoms with E-state index in [2.05, 4.69) is 19.2 Å². The molecule has 1 aromatic carbocycles. The van der Waals surface area contributed by atoms with Crippen LogP contribution in [-0.4, -0.2) is 18.2 Å². The molecular formula is C17H25ClFNOS. The van der Waals surface area contributed by atoms with E-state index < -0.39 is 0 Å². The van der Waals surface area contributed by atoms with E-state index in [0.29, 0.717) is 28.0 Å². The zero-order chi connectivity index (χ0) is 16.4. The van der Waals surface area contributed by atoms with Crippen LogP contribution in [-0.2, 0) is 10.5 Å². The summed E-state index contributed by atoms with van der Waals surface area (Å²) in [5.74, 6) is 0.981. The fourth-order valence-electron chi connectivity index (χ4n) is 2.17. The number of nitrogens with one attached hydrogen (secondary N) is 1. The minimum atomic E-state index is -0.314. The van der Waals surface area contributed by atoms with E-state index in [1.165, 1.54) is 30.7 Å². The van der Waals surface area contributed by atoms with Crippen LogP contribution >= 0.6 is 23.4 Å². The Labute approximate surface area is 142 Å². The average molecular weight is 346 g/mol. The highest BCUT2D eigenvalue weighted by Crippen LogP contribution is 2.23. The highest BCUT2D eigenvalue weighted by Gasteiger charge is 2.10. The van der Waals surface area contributed by atoms with Gasteiger partial charge in [-0.25, -0.2) is 4.39 Å². The first-order valence-electron chi connectivity index (χ1n) is 7.85. The summed E-state index contributed by atoms with van der Waals surface area (Å²) >= 11 is 7.34. The van der Waals surface area contributed by atoms with Crippen LogP contribution < -0.4 is 5.32 Å². The van der Waals surface area contributed by atoms with E-state index in [1.807, 2.05) is 0 Å². The van der Waals surface area contributed by atoms with Gasteiger partial charge >= 0.3 is 0 Å². The lowest BCUT2D eigenvalue weighted by Crippen LogP contribution is -2.30. The number of benzene rings is 1. The molecule has 0 heterocycles. The molecule has 5 heteroatoms. The van der Waals surface area contributed by atoms with Crippen LogP contribution in [0.15, 0.2) is 18.2 Å². The summed E-state index contributed by atoms with van der Waals surface area (Å²) in [7, 11) is 0. The summed E-state index contributed by atoms with van der Waals surface area (Å²) in [4.78, 5) is 11.8. The summed E-state index contributed by atoms with van der Waals surface area (Å²) in [6.07, 6.45) is 4.63. The van der Waals surface area contributed by atoms with Crippen molar-refractivity contribution in [3.63, 3.8) is 0 Å². The molecule has 1 atom stereocenters. The van der Waals surface area contributed by atoms with Crippen LogP contribution in [0.5, 0.6) is 0 Å². The molecule has 22 heavy (non-hydrogen) atoms. The van der Waals surface area contributed by atoms with Gasteiger partial charge in [-0.2, -0.15) is 0 Å². The lowest BCUT2D eigenvalue weighted by Gasteiger charge is -2.15. The third-order valence-corrected chi connectivity index (χ3v) is 4.99. The summed E-state index contributed by atoms with van der Waals surface area (Å²) in [5, 5.41) is 3.39. The minimum absolute atomic E-state index is 0.00686. The second kappa shape index (κ2) is 10.9. The summed E-state index contributed by atoms with van der Waals surface area (Å²) in [5.41, 5.74) is 0.469. The number of unbranched alkanes of at least 4 members (excludes halogenated alkanes) is 1. The monoisotopic (exact) mass is 345 g/mol. The summed E-state index contributed by atoms with van der Waals surface area (Å²) in [6.45, 7) is 5.06. The largest absolute Gasteiger partial charge is 0.355 e. The van der Waals surface area contributed by atoms with E-state index in [1.54, 1.807) is 12.1 Å².